The van der Waals surface area contributed by atoms with Crippen molar-refractivity contribution in [2.75, 3.05) is 0 Å². The molecule has 21 heavy (non-hydrogen) atoms. The predicted molar refractivity (Wildman–Crippen MR) is 81.3 cm³/mol. The maximum absolute atomic E-state index is 13.3. The minimum atomic E-state index is -3.65. The van der Waals surface area contributed by atoms with Crippen molar-refractivity contribution in [2.24, 2.45) is 0 Å². The van der Waals surface area contributed by atoms with E-state index in [2.05, 4.69) is 17.0 Å². The van der Waals surface area contributed by atoms with Gasteiger partial charge in [0.05, 0.1) is 4.90 Å². The highest BCUT2D eigenvalue weighted by atomic mass is 32.2. The summed E-state index contributed by atoms with van der Waals surface area (Å²) in [4.78, 5) is 0.190. The molecule has 1 aliphatic heterocycles. The average molecular weight is 314 g/mol. The van der Waals surface area contributed by atoms with Crippen molar-refractivity contribution in [3.05, 3.63) is 29.1 Å². The zero-order valence-electron chi connectivity index (χ0n) is 12.9. The molecule has 0 amide bonds. The number of nitrogens with one attached hydrogen (secondary N) is 2. The second-order valence-corrected chi connectivity index (χ2v) is 7.68. The molecule has 1 aromatic rings. The molecule has 2 N–H and O–H groups in total. The van der Waals surface area contributed by atoms with Crippen molar-refractivity contribution >= 4 is 10.0 Å². The number of sulfonamides is 1. The summed E-state index contributed by atoms with van der Waals surface area (Å²) in [6, 6.07) is 2.84. The third-order valence-corrected chi connectivity index (χ3v) is 5.86. The van der Waals surface area contributed by atoms with Crippen molar-refractivity contribution in [1.29, 1.82) is 0 Å². The fourth-order valence-corrected chi connectivity index (χ4v) is 4.87. The van der Waals surface area contributed by atoms with Gasteiger partial charge in [-0.2, -0.15) is 0 Å². The Morgan fingerprint density at radius 2 is 1.76 bits per heavy atom. The quantitative estimate of drug-likeness (QED) is 0.899. The Hall–Kier alpha value is -0.980. The van der Waals surface area contributed by atoms with Gasteiger partial charge in [0, 0.05) is 18.1 Å². The molecule has 1 heterocycles. The van der Waals surface area contributed by atoms with Crippen LogP contribution in [0.3, 0.4) is 0 Å². The first-order chi connectivity index (χ1) is 9.70. The third kappa shape index (κ3) is 3.62. The lowest BCUT2D eigenvalue weighted by molar-refractivity contribution is 0.297. The van der Waals surface area contributed by atoms with Gasteiger partial charge < -0.3 is 5.32 Å². The molecule has 3 atom stereocenters. The number of aryl methyl sites for hydroxylation is 2. The molecule has 3 unspecified atom stereocenters. The highest BCUT2D eigenvalue weighted by Gasteiger charge is 2.30. The summed E-state index contributed by atoms with van der Waals surface area (Å²) in [5.74, 6) is -0.412. The molecule has 1 saturated heterocycles. The number of rotatable bonds is 3. The molecular weight excluding hydrogens is 291 g/mol. The number of hydrogen-bond donors (Lipinski definition) is 2. The van der Waals surface area contributed by atoms with Gasteiger partial charge in [-0.25, -0.2) is 17.5 Å². The van der Waals surface area contributed by atoms with Crippen LogP contribution in [0.5, 0.6) is 0 Å². The molecule has 0 aromatic heterocycles. The van der Waals surface area contributed by atoms with Crippen LogP contribution in [0.1, 0.15) is 37.8 Å². The minimum absolute atomic E-state index is 0.0737. The van der Waals surface area contributed by atoms with E-state index in [0.717, 1.165) is 12.8 Å². The van der Waals surface area contributed by atoms with Gasteiger partial charge in [-0.05, 0) is 63.8 Å². The van der Waals surface area contributed by atoms with Crippen molar-refractivity contribution in [2.45, 2.75) is 63.6 Å². The molecule has 0 saturated carbocycles. The molecule has 0 radical (unpaired) electrons. The van der Waals surface area contributed by atoms with Crippen molar-refractivity contribution in [3.63, 3.8) is 0 Å². The van der Waals surface area contributed by atoms with Crippen LogP contribution in [0.4, 0.5) is 4.39 Å². The lowest BCUT2D eigenvalue weighted by Gasteiger charge is -2.34. The molecular formula is C15H23FN2O2S. The standard InChI is InChI=1S/C15H23FN2O2S/c1-9-7-13(16)8-10(2)15(9)21(19,20)18-14-6-5-11(3)17-12(14)4/h7-8,11-12,14,17-18H,5-6H2,1-4H3. The Labute approximate surface area is 126 Å². The van der Waals surface area contributed by atoms with Crippen LogP contribution in [0.2, 0.25) is 0 Å². The van der Waals surface area contributed by atoms with E-state index in [1.807, 2.05) is 6.92 Å². The van der Waals surface area contributed by atoms with Gasteiger partial charge >= 0.3 is 0 Å². The van der Waals surface area contributed by atoms with Crippen LogP contribution in [0.25, 0.3) is 0 Å². The van der Waals surface area contributed by atoms with Gasteiger partial charge in [0.2, 0.25) is 10.0 Å². The average Bonchev–Trinajstić information content (AvgIpc) is 2.30. The molecule has 118 valence electrons. The van der Waals surface area contributed by atoms with Crippen LogP contribution in [0, 0.1) is 19.7 Å². The van der Waals surface area contributed by atoms with E-state index in [1.54, 1.807) is 13.8 Å². The summed E-state index contributed by atoms with van der Waals surface area (Å²) in [7, 11) is -3.65. The topological polar surface area (TPSA) is 58.2 Å². The van der Waals surface area contributed by atoms with Gasteiger partial charge in [-0.3, -0.25) is 0 Å². The van der Waals surface area contributed by atoms with Gasteiger partial charge in [-0.1, -0.05) is 0 Å². The fourth-order valence-electron chi connectivity index (χ4n) is 3.07. The summed E-state index contributed by atoms with van der Waals surface area (Å²) >= 11 is 0. The Bertz CT molecular complexity index is 608. The van der Waals surface area contributed by atoms with E-state index in [9.17, 15) is 12.8 Å². The number of hydrogen-bond acceptors (Lipinski definition) is 3. The molecule has 0 bridgehead atoms. The lowest BCUT2D eigenvalue weighted by Crippen LogP contribution is -2.54. The molecule has 0 spiro atoms. The monoisotopic (exact) mass is 314 g/mol. The molecule has 6 heteroatoms. The Balaban J connectivity index is 2.27. The number of halogens is 1. The summed E-state index contributed by atoms with van der Waals surface area (Å²) < 4.78 is 41.3. The molecule has 2 rings (SSSR count). The summed E-state index contributed by atoms with van der Waals surface area (Å²) in [5, 5.41) is 3.35. The van der Waals surface area contributed by atoms with E-state index in [1.165, 1.54) is 12.1 Å². The molecule has 1 fully saturated rings. The normalized spacial score (nSPS) is 26.8. The molecule has 1 aliphatic rings. The van der Waals surface area contributed by atoms with Crippen LogP contribution < -0.4 is 10.0 Å². The Kier molecular flexibility index (Phi) is 4.70. The van der Waals surface area contributed by atoms with Crippen LogP contribution >= 0.6 is 0 Å². The molecule has 1 aromatic carbocycles. The predicted octanol–water partition coefficient (Wildman–Crippen LogP) is 2.25. The third-order valence-electron chi connectivity index (χ3n) is 4.06. The first-order valence-corrected chi connectivity index (χ1v) is 8.74. The largest absolute Gasteiger partial charge is 0.310 e. The maximum atomic E-state index is 13.3. The zero-order chi connectivity index (χ0) is 15.8. The number of benzene rings is 1. The van der Waals surface area contributed by atoms with E-state index < -0.39 is 15.8 Å². The second-order valence-electron chi connectivity index (χ2n) is 6.03. The van der Waals surface area contributed by atoms with Gasteiger partial charge in [0.1, 0.15) is 5.82 Å². The molecule has 4 nitrogen and oxygen atoms in total. The van der Waals surface area contributed by atoms with Gasteiger partial charge in [-0.15, -0.1) is 0 Å². The SMILES string of the molecule is Cc1cc(F)cc(C)c1S(=O)(=O)NC1CCC(C)NC1C. The van der Waals surface area contributed by atoms with Crippen molar-refractivity contribution in [1.82, 2.24) is 10.0 Å². The van der Waals surface area contributed by atoms with E-state index in [-0.39, 0.29) is 17.0 Å². The number of piperidine rings is 1. The van der Waals surface area contributed by atoms with Crippen LogP contribution in [0.15, 0.2) is 17.0 Å². The minimum Gasteiger partial charge on any atom is -0.310 e. The van der Waals surface area contributed by atoms with Crippen LogP contribution in [-0.4, -0.2) is 26.5 Å². The van der Waals surface area contributed by atoms with E-state index in [0.29, 0.717) is 17.2 Å². The first-order valence-electron chi connectivity index (χ1n) is 7.26. The summed E-state index contributed by atoms with van der Waals surface area (Å²) in [6.07, 6.45) is 1.73. The van der Waals surface area contributed by atoms with Crippen LogP contribution in [-0.2, 0) is 10.0 Å². The fraction of sp³-hybridized carbons (Fsp3) is 0.600. The van der Waals surface area contributed by atoms with Crippen molar-refractivity contribution < 1.29 is 12.8 Å². The lowest BCUT2D eigenvalue weighted by atomic mass is 9.96. The smallest absolute Gasteiger partial charge is 0.241 e. The Morgan fingerprint density at radius 1 is 1.19 bits per heavy atom. The molecule has 0 aliphatic carbocycles. The zero-order valence-corrected chi connectivity index (χ0v) is 13.7. The Morgan fingerprint density at radius 3 is 2.29 bits per heavy atom. The van der Waals surface area contributed by atoms with E-state index in [4.69, 9.17) is 0 Å². The maximum Gasteiger partial charge on any atom is 0.241 e. The first kappa shape index (κ1) is 16.4. The second kappa shape index (κ2) is 6.02. The van der Waals surface area contributed by atoms with Gasteiger partial charge in [0.25, 0.3) is 0 Å². The van der Waals surface area contributed by atoms with E-state index >= 15 is 0 Å². The van der Waals surface area contributed by atoms with Crippen molar-refractivity contribution in [3.8, 4) is 0 Å². The van der Waals surface area contributed by atoms with Gasteiger partial charge in [0.15, 0.2) is 0 Å². The highest BCUT2D eigenvalue weighted by Crippen LogP contribution is 2.23. The summed E-state index contributed by atoms with van der Waals surface area (Å²) in [6.45, 7) is 7.31. The highest BCUT2D eigenvalue weighted by molar-refractivity contribution is 7.89. The summed E-state index contributed by atoms with van der Waals surface area (Å²) in [5.41, 5.74) is 0.870.